The molecule has 0 bridgehead atoms. The third kappa shape index (κ3) is 2.60. The quantitative estimate of drug-likeness (QED) is 0.901. The number of nitrogens with zero attached hydrogens (tertiary/aromatic N) is 2. The van der Waals surface area contributed by atoms with Crippen molar-refractivity contribution in [3.8, 4) is 6.07 Å². The highest BCUT2D eigenvalue weighted by Crippen LogP contribution is 2.35. The Balaban J connectivity index is 2.40. The van der Waals surface area contributed by atoms with Crippen LogP contribution in [-0.4, -0.2) is 19.0 Å². The Morgan fingerprint density at radius 1 is 1.45 bits per heavy atom. The van der Waals surface area contributed by atoms with Gasteiger partial charge in [-0.1, -0.05) is 0 Å². The van der Waals surface area contributed by atoms with Gasteiger partial charge in [-0.05, 0) is 30.7 Å². The summed E-state index contributed by atoms with van der Waals surface area (Å²) in [4.78, 5) is 13.1. The van der Waals surface area contributed by atoms with Gasteiger partial charge in [0.1, 0.15) is 0 Å². The van der Waals surface area contributed by atoms with Crippen molar-refractivity contribution in [3.05, 3.63) is 29.3 Å². The standard InChI is InChI=1S/C13H12F3N3O/c14-13(15,16)11-4-10(2-1-9(11)6-18)19-7-8(5-17)3-12(19)20/h1-2,4,8H,3,5,7,17H2. The second-order valence-corrected chi connectivity index (χ2v) is 4.65. The summed E-state index contributed by atoms with van der Waals surface area (Å²) < 4.78 is 38.6. The Kier molecular flexibility index (Phi) is 3.68. The molecule has 1 aliphatic rings. The summed E-state index contributed by atoms with van der Waals surface area (Å²) in [5, 5.41) is 8.72. The number of alkyl halides is 3. The zero-order chi connectivity index (χ0) is 14.9. The van der Waals surface area contributed by atoms with Gasteiger partial charge in [-0.2, -0.15) is 18.4 Å². The van der Waals surface area contributed by atoms with Crippen molar-refractivity contribution in [1.82, 2.24) is 0 Å². The van der Waals surface area contributed by atoms with E-state index in [1.54, 1.807) is 0 Å². The topological polar surface area (TPSA) is 70.1 Å². The first-order valence-corrected chi connectivity index (χ1v) is 5.98. The van der Waals surface area contributed by atoms with E-state index in [0.29, 0.717) is 13.1 Å². The van der Waals surface area contributed by atoms with Gasteiger partial charge in [0.15, 0.2) is 0 Å². The van der Waals surface area contributed by atoms with E-state index in [-0.39, 0.29) is 23.9 Å². The molecule has 20 heavy (non-hydrogen) atoms. The highest BCUT2D eigenvalue weighted by atomic mass is 19.4. The van der Waals surface area contributed by atoms with E-state index >= 15 is 0 Å². The number of hydrogen-bond donors (Lipinski definition) is 1. The molecule has 0 spiro atoms. The fourth-order valence-electron chi connectivity index (χ4n) is 2.22. The van der Waals surface area contributed by atoms with Crippen molar-refractivity contribution in [2.75, 3.05) is 18.0 Å². The highest BCUT2D eigenvalue weighted by Gasteiger charge is 2.36. The molecule has 1 aromatic rings. The van der Waals surface area contributed by atoms with E-state index in [0.717, 1.165) is 12.1 Å². The SMILES string of the molecule is N#Cc1ccc(N2CC(CN)CC2=O)cc1C(F)(F)F. The van der Waals surface area contributed by atoms with Crippen LogP contribution >= 0.6 is 0 Å². The van der Waals surface area contributed by atoms with E-state index < -0.39 is 17.3 Å². The van der Waals surface area contributed by atoms with Crippen LogP contribution in [0.1, 0.15) is 17.5 Å². The summed E-state index contributed by atoms with van der Waals surface area (Å²) in [7, 11) is 0. The molecule has 1 aromatic carbocycles. The minimum atomic E-state index is -4.63. The number of carbonyl (C=O) groups excluding carboxylic acids is 1. The van der Waals surface area contributed by atoms with E-state index in [9.17, 15) is 18.0 Å². The largest absolute Gasteiger partial charge is 0.417 e. The monoisotopic (exact) mass is 283 g/mol. The number of nitrogens with two attached hydrogens (primary N) is 1. The maximum absolute atomic E-state index is 12.9. The number of amides is 1. The van der Waals surface area contributed by atoms with Gasteiger partial charge in [0.25, 0.3) is 0 Å². The molecule has 0 radical (unpaired) electrons. The molecule has 1 amide bonds. The summed E-state index contributed by atoms with van der Waals surface area (Å²) in [5.41, 5.74) is 4.15. The predicted molar refractivity (Wildman–Crippen MR) is 65.7 cm³/mol. The number of halogens is 3. The highest BCUT2D eigenvalue weighted by molar-refractivity contribution is 5.95. The normalized spacial score (nSPS) is 19.2. The number of rotatable bonds is 2. The van der Waals surface area contributed by atoms with Gasteiger partial charge < -0.3 is 10.6 Å². The first-order chi connectivity index (χ1) is 9.36. The molecule has 1 heterocycles. The lowest BCUT2D eigenvalue weighted by atomic mass is 10.1. The van der Waals surface area contributed by atoms with Crippen LogP contribution in [0.25, 0.3) is 0 Å². The lowest BCUT2D eigenvalue weighted by Crippen LogP contribution is -2.26. The Hall–Kier alpha value is -2.07. The van der Waals surface area contributed by atoms with Crippen molar-refractivity contribution in [2.24, 2.45) is 11.7 Å². The number of hydrogen-bond acceptors (Lipinski definition) is 3. The Bertz CT molecular complexity index is 577. The second-order valence-electron chi connectivity index (χ2n) is 4.65. The molecule has 1 fully saturated rings. The van der Waals surface area contributed by atoms with Gasteiger partial charge in [-0.3, -0.25) is 4.79 Å². The van der Waals surface area contributed by atoms with Gasteiger partial charge in [0, 0.05) is 18.7 Å². The van der Waals surface area contributed by atoms with Crippen molar-refractivity contribution in [3.63, 3.8) is 0 Å². The average molecular weight is 283 g/mol. The fraction of sp³-hybridized carbons (Fsp3) is 0.385. The van der Waals surface area contributed by atoms with Gasteiger partial charge in [-0.15, -0.1) is 0 Å². The lowest BCUT2D eigenvalue weighted by Gasteiger charge is -2.19. The maximum Gasteiger partial charge on any atom is 0.417 e. The lowest BCUT2D eigenvalue weighted by molar-refractivity contribution is -0.137. The van der Waals surface area contributed by atoms with Crippen LogP contribution in [0.5, 0.6) is 0 Å². The van der Waals surface area contributed by atoms with Gasteiger partial charge >= 0.3 is 6.18 Å². The van der Waals surface area contributed by atoms with Crippen LogP contribution in [0, 0.1) is 17.2 Å². The van der Waals surface area contributed by atoms with Crippen molar-refractivity contribution in [1.29, 1.82) is 5.26 Å². The maximum atomic E-state index is 12.9. The number of anilines is 1. The molecule has 1 aliphatic heterocycles. The summed E-state index contributed by atoms with van der Waals surface area (Å²) in [6.45, 7) is 0.614. The second kappa shape index (κ2) is 5.13. The Morgan fingerprint density at radius 2 is 2.15 bits per heavy atom. The number of carbonyl (C=O) groups is 1. The zero-order valence-electron chi connectivity index (χ0n) is 10.4. The fourth-order valence-corrected chi connectivity index (χ4v) is 2.22. The molecular formula is C13H12F3N3O. The molecule has 0 saturated carbocycles. The molecule has 1 unspecified atom stereocenters. The third-order valence-electron chi connectivity index (χ3n) is 3.28. The van der Waals surface area contributed by atoms with Gasteiger partial charge in [0.2, 0.25) is 5.91 Å². The molecule has 4 nitrogen and oxygen atoms in total. The molecule has 1 saturated heterocycles. The van der Waals surface area contributed by atoms with Crippen molar-refractivity contribution < 1.29 is 18.0 Å². The molecule has 7 heteroatoms. The minimum Gasteiger partial charge on any atom is -0.330 e. The number of nitriles is 1. The van der Waals surface area contributed by atoms with E-state index in [2.05, 4.69) is 0 Å². The van der Waals surface area contributed by atoms with E-state index in [1.807, 2.05) is 0 Å². The molecule has 0 aliphatic carbocycles. The van der Waals surface area contributed by atoms with E-state index in [1.165, 1.54) is 17.0 Å². The summed E-state index contributed by atoms with van der Waals surface area (Å²) in [5.74, 6) is -0.300. The third-order valence-corrected chi connectivity index (χ3v) is 3.28. The smallest absolute Gasteiger partial charge is 0.330 e. The Labute approximate surface area is 113 Å². The van der Waals surface area contributed by atoms with E-state index in [4.69, 9.17) is 11.0 Å². The summed E-state index contributed by atoms with van der Waals surface area (Å²) in [6.07, 6.45) is -4.39. The molecule has 1 atom stereocenters. The molecule has 2 N–H and O–H groups in total. The van der Waals surface area contributed by atoms with Crippen LogP contribution in [0.3, 0.4) is 0 Å². The Morgan fingerprint density at radius 3 is 2.65 bits per heavy atom. The molecule has 2 rings (SSSR count). The average Bonchev–Trinajstić information content (AvgIpc) is 2.78. The number of benzene rings is 1. The minimum absolute atomic E-state index is 0.0486. The first kappa shape index (κ1) is 14.3. The van der Waals surface area contributed by atoms with Crippen LogP contribution in [0.2, 0.25) is 0 Å². The van der Waals surface area contributed by atoms with Crippen LogP contribution in [0.4, 0.5) is 18.9 Å². The molecule has 0 aromatic heterocycles. The van der Waals surface area contributed by atoms with Gasteiger partial charge in [-0.25, -0.2) is 0 Å². The summed E-state index contributed by atoms with van der Waals surface area (Å²) in [6, 6.07) is 4.79. The zero-order valence-corrected chi connectivity index (χ0v) is 10.4. The van der Waals surface area contributed by atoms with Crippen LogP contribution < -0.4 is 10.6 Å². The molecular weight excluding hydrogens is 271 g/mol. The van der Waals surface area contributed by atoms with Crippen molar-refractivity contribution >= 4 is 11.6 Å². The predicted octanol–water partition coefficient (Wildman–Crippen LogP) is 1.89. The van der Waals surface area contributed by atoms with Crippen molar-refractivity contribution in [2.45, 2.75) is 12.6 Å². The van der Waals surface area contributed by atoms with Crippen LogP contribution in [-0.2, 0) is 11.0 Å². The van der Waals surface area contributed by atoms with Crippen LogP contribution in [0.15, 0.2) is 18.2 Å². The first-order valence-electron chi connectivity index (χ1n) is 5.98. The summed E-state index contributed by atoms with van der Waals surface area (Å²) >= 11 is 0. The van der Waals surface area contributed by atoms with Gasteiger partial charge in [0.05, 0.1) is 17.2 Å². The molecule has 106 valence electrons.